The summed E-state index contributed by atoms with van der Waals surface area (Å²) in [5.74, 6) is 0.817. The van der Waals surface area contributed by atoms with Crippen LogP contribution in [0.5, 0.6) is 5.75 Å². The Morgan fingerprint density at radius 3 is 2.85 bits per heavy atom. The number of Topliss-reactive ketones (excluding diaryl/α,β-unsaturated/α-hetero) is 1. The molecule has 8 nitrogen and oxygen atoms in total. The third-order valence-electron chi connectivity index (χ3n) is 6.26. The molecule has 3 aliphatic rings. The van der Waals surface area contributed by atoms with Crippen molar-refractivity contribution in [1.29, 1.82) is 0 Å². The van der Waals surface area contributed by atoms with Crippen LogP contribution in [0, 0.1) is 11.3 Å². The summed E-state index contributed by atoms with van der Waals surface area (Å²) in [4.78, 5) is 23.4. The molecule has 0 unspecified atom stereocenters. The van der Waals surface area contributed by atoms with Gasteiger partial charge in [-0.15, -0.1) is 0 Å². The highest BCUT2D eigenvalue weighted by Crippen LogP contribution is 2.37. The average molecular weight is 489 g/mol. The number of carbonyl (C=O) groups excluding carboxylic acids is 1. The number of aliphatic imine (C=N–C) groups is 1. The van der Waals surface area contributed by atoms with Gasteiger partial charge in [0.05, 0.1) is 34.0 Å². The van der Waals surface area contributed by atoms with Crippen LogP contribution in [0.4, 0.5) is 5.69 Å². The molecule has 1 saturated heterocycles. The summed E-state index contributed by atoms with van der Waals surface area (Å²) >= 11 is 5.93. The molecule has 10 heteroatoms. The number of rotatable bonds is 5. The van der Waals surface area contributed by atoms with E-state index in [4.69, 9.17) is 16.3 Å². The maximum atomic E-state index is 13.3. The topological polar surface area (TPSA) is 92.2 Å². The molecular formula is C23H25ClN4O4S. The lowest BCUT2D eigenvalue weighted by Crippen LogP contribution is -2.44. The number of aromatic nitrogens is 1. The Kier molecular flexibility index (Phi) is 5.46. The molecule has 0 N–H and O–H groups in total. The predicted molar refractivity (Wildman–Crippen MR) is 126 cm³/mol. The molecule has 0 saturated carbocycles. The summed E-state index contributed by atoms with van der Waals surface area (Å²) < 4.78 is 33.9. The first-order chi connectivity index (χ1) is 15.6. The van der Waals surface area contributed by atoms with E-state index in [0.717, 1.165) is 5.69 Å². The maximum absolute atomic E-state index is 13.3. The molecule has 1 aromatic heterocycles. The first-order valence-electron chi connectivity index (χ1n) is 10.9. The van der Waals surface area contributed by atoms with E-state index in [1.165, 1.54) is 16.6 Å². The van der Waals surface area contributed by atoms with Gasteiger partial charge in [-0.3, -0.25) is 14.8 Å². The third-order valence-corrected chi connectivity index (χ3v) is 8.32. The van der Waals surface area contributed by atoms with E-state index in [1.807, 2.05) is 4.90 Å². The minimum Gasteiger partial charge on any atom is -0.492 e. The molecule has 174 valence electrons. The molecule has 2 aromatic rings. The van der Waals surface area contributed by atoms with E-state index >= 15 is 0 Å². The number of amidine groups is 1. The monoisotopic (exact) mass is 488 g/mol. The van der Waals surface area contributed by atoms with Gasteiger partial charge in [-0.2, -0.15) is 4.31 Å². The number of benzene rings is 1. The van der Waals surface area contributed by atoms with Gasteiger partial charge in [-0.25, -0.2) is 8.42 Å². The molecule has 5 rings (SSSR count). The number of sulfonamides is 1. The number of halogens is 1. The summed E-state index contributed by atoms with van der Waals surface area (Å²) in [6, 6.07) is 6.50. The number of hydrogen-bond donors (Lipinski definition) is 0. The van der Waals surface area contributed by atoms with Crippen molar-refractivity contribution < 1.29 is 17.9 Å². The van der Waals surface area contributed by atoms with Crippen LogP contribution in [-0.2, 0) is 10.0 Å². The lowest BCUT2D eigenvalue weighted by Gasteiger charge is -2.34. The third kappa shape index (κ3) is 4.13. The molecule has 3 aliphatic heterocycles. The van der Waals surface area contributed by atoms with Crippen LogP contribution >= 0.6 is 11.6 Å². The molecule has 1 atom stereocenters. The van der Waals surface area contributed by atoms with Crippen molar-refractivity contribution in [3.05, 3.63) is 47.2 Å². The largest absolute Gasteiger partial charge is 0.492 e. The molecule has 1 aromatic carbocycles. The summed E-state index contributed by atoms with van der Waals surface area (Å²) in [6.07, 6.45) is 3.80. The van der Waals surface area contributed by atoms with Crippen LogP contribution in [-0.4, -0.2) is 62.1 Å². The van der Waals surface area contributed by atoms with E-state index in [9.17, 15) is 13.2 Å². The molecule has 0 amide bonds. The smallest absolute Gasteiger partial charge is 0.243 e. The standard InChI is InChI=1S/C23H25ClN4O4S/c1-23(2)13-26-22-21(29)19-8-18(3-4-20(19)28(22)14-23)33(30,31)27-6-5-15(11-27)12-32-17-7-16(24)9-25-10-17/h3-4,7-10,15H,5-6,11-14H2,1-2H3/t15-/m1/s1. The molecule has 4 heterocycles. The Morgan fingerprint density at radius 1 is 1.24 bits per heavy atom. The van der Waals surface area contributed by atoms with Crippen molar-refractivity contribution in [2.75, 3.05) is 37.7 Å². The van der Waals surface area contributed by atoms with E-state index in [1.54, 1.807) is 24.4 Å². The summed E-state index contributed by atoms with van der Waals surface area (Å²) in [6.45, 7) is 6.59. The van der Waals surface area contributed by atoms with Crippen LogP contribution in [0.25, 0.3) is 0 Å². The number of hydrogen-bond acceptors (Lipinski definition) is 7. The molecule has 1 fully saturated rings. The van der Waals surface area contributed by atoms with Gasteiger partial charge in [-0.05, 0) is 24.6 Å². The summed E-state index contributed by atoms with van der Waals surface area (Å²) in [7, 11) is -3.73. The van der Waals surface area contributed by atoms with Crippen molar-refractivity contribution in [3.8, 4) is 5.75 Å². The Labute approximate surface area is 198 Å². The second-order valence-corrected chi connectivity index (χ2v) is 11.9. The van der Waals surface area contributed by atoms with Gasteiger partial charge in [-0.1, -0.05) is 25.4 Å². The second kappa shape index (κ2) is 8.07. The van der Waals surface area contributed by atoms with Crippen molar-refractivity contribution in [1.82, 2.24) is 9.29 Å². The molecule has 0 spiro atoms. The Bertz CT molecular complexity index is 1260. The lowest BCUT2D eigenvalue weighted by molar-refractivity contribution is 0.106. The van der Waals surface area contributed by atoms with Gasteiger partial charge in [0.2, 0.25) is 15.8 Å². The average Bonchev–Trinajstić information content (AvgIpc) is 3.35. The normalized spacial score (nSPS) is 22.2. The van der Waals surface area contributed by atoms with Crippen molar-refractivity contribution in [2.24, 2.45) is 16.3 Å². The fourth-order valence-corrected chi connectivity index (χ4v) is 6.24. The summed E-state index contributed by atoms with van der Waals surface area (Å²) in [5, 5.41) is 0.486. The van der Waals surface area contributed by atoms with E-state index in [0.29, 0.717) is 61.4 Å². The van der Waals surface area contributed by atoms with Crippen LogP contribution in [0.2, 0.25) is 5.02 Å². The van der Waals surface area contributed by atoms with E-state index < -0.39 is 10.0 Å². The fourth-order valence-electron chi connectivity index (χ4n) is 4.52. The van der Waals surface area contributed by atoms with Crippen LogP contribution in [0.1, 0.15) is 30.6 Å². The summed E-state index contributed by atoms with van der Waals surface area (Å²) in [5.41, 5.74) is 1.08. The molecule has 33 heavy (non-hydrogen) atoms. The first-order valence-corrected chi connectivity index (χ1v) is 12.7. The maximum Gasteiger partial charge on any atom is 0.243 e. The quantitative estimate of drug-likeness (QED) is 0.641. The van der Waals surface area contributed by atoms with Crippen LogP contribution in [0.3, 0.4) is 0 Å². The zero-order valence-electron chi connectivity index (χ0n) is 18.5. The number of anilines is 1. The predicted octanol–water partition coefficient (Wildman–Crippen LogP) is 3.27. The zero-order chi connectivity index (χ0) is 23.4. The Balaban J connectivity index is 1.31. The Hall–Kier alpha value is -2.49. The number of ketones is 1. The van der Waals surface area contributed by atoms with Gasteiger partial charge >= 0.3 is 0 Å². The molecular weight excluding hydrogens is 464 g/mol. The van der Waals surface area contributed by atoms with E-state index in [2.05, 4.69) is 23.8 Å². The molecule has 0 aliphatic carbocycles. The minimum absolute atomic E-state index is 0.0517. The van der Waals surface area contributed by atoms with Gasteiger partial charge in [0.1, 0.15) is 5.75 Å². The number of fused-ring (bicyclic) bond motifs is 3. The highest BCUT2D eigenvalue weighted by Gasteiger charge is 2.41. The van der Waals surface area contributed by atoms with Gasteiger partial charge in [0.25, 0.3) is 0 Å². The van der Waals surface area contributed by atoms with Crippen molar-refractivity contribution in [2.45, 2.75) is 25.2 Å². The number of ether oxygens (including phenoxy) is 1. The lowest BCUT2D eigenvalue weighted by atomic mass is 9.91. The van der Waals surface area contributed by atoms with Crippen LogP contribution in [0.15, 0.2) is 46.5 Å². The zero-order valence-corrected chi connectivity index (χ0v) is 20.1. The Morgan fingerprint density at radius 2 is 2.06 bits per heavy atom. The highest BCUT2D eigenvalue weighted by molar-refractivity contribution is 7.89. The van der Waals surface area contributed by atoms with Gasteiger partial charge in [0, 0.05) is 49.8 Å². The van der Waals surface area contributed by atoms with Crippen molar-refractivity contribution in [3.63, 3.8) is 0 Å². The number of pyridine rings is 1. The highest BCUT2D eigenvalue weighted by atomic mass is 35.5. The number of carbonyl (C=O) groups is 1. The fraction of sp³-hybridized carbons (Fsp3) is 0.435. The van der Waals surface area contributed by atoms with Gasteiger partial charge < -0.3 is 9.64 Å². The van der Waals surface area contributed by atoms with E-state index in [-0.39, 0.29) is 22.0 Å². The van der Waals surface area contributed by atoms with Gasteiger partial charge in [0.15, 0.2) is 5.84 Å². The van der Waals surface area contributed by atoms with Crippen molar-refractivity contribution >= 4 is 38.9 Å². The first kappa shape index (κ1) is 22.3. The second-order valence-electron chi connectivity index (χ2n) is 9.57. The minimum atomic E-state index is -3.73. The van der Waals surface area contributed by atoms with Crippen LogP contribution < -0.4 is 9.64 Å². The molecule has 0 bridgehead atoms. The molecule has 0 radical (unpaired) electrons. The number of nitrogens with zero attached hydrogens (tertiary/aromatic N) is 4. The SMILES string of the molecule is CC1(C)CN=C2C(=O)c3cc(S(=O)(=O)N4CC[C@@H](COc5cncc(Cl)c5)C4)ccc3N2C1.